The molecule has 26 heavy (non-hydrogen) atoms. The van der Waals surface area contributed by atoms with Gasteiger partial charge in [0.05, 0.1) is 13.7 Å². The van der Waals surface area contributed by atoms with Gasteiger partial charge < -0.3 is 15.2 Å². The molecule has 2 rings (SSSR count). The Bertz CT molecular complexity index is 635. The number of hydrogen-bond donors (Lipinski definition) is 2. The summed E-state index contributed by atoms with van der Waals surface area (Å²) in [6, 6.07) is 5.61. The van der Waals surface area contributed by atoms with Crippen LogP contribution >= 0.6 is 0 Å². The summed E-state index contributed by atoms with van der Waals surface area (Å²) in [4.78, 5) is 12.7. The van der Waals surface area contributed by atoms with Crippen molar-refractivity contribution in [2.75, 3.05) is 13.7 Å². The van der Waals surface area contributed by atoms with Crippen molar-refractivity contribution >= 4 is 5.91 Å². The molecule has 0 saturated heterocycles. The van der Waals surface area contributed by atoms with E-state index in [1.54, 1.807) is 6.07 Å². The molecule has 0 aromatic heterocycles. The van der Waals surface area contributed by atoms with E-state index in [4.69, 9.17) is 4.74 Å². The molecule has 0 heterocycles. The number of aliphatic hydroxyl groups is 1. The molecule has 1 fully saturated rings. The number of halogens is 2. The maximum absolute atomic E-state index is 14.5. The lowest BCUT2D eigenvalue weighted by atomic mass is 9.66. The minimum Gasteiger partial charge on any atom is -0.497 e. The summed E-state index contributed by atoms with van der Waals surface area (Å²) < 4.78 is 34.0. The smallest absolute Gasteiger partial charge is 0.290 e. The molecule has 1 saturated carbocycles. The quantitative estimate of drug-likeness (QED) is 0.803. The Labute approximate surface area is 153 Å². The molecule has 0 bridgehead atoms. The van der Waals surface area contributed by atoms with E-state index in [-0.39, 0.29) is 23.3 Å². The van der Waals surface area contributed by atoms with Gasteiger partial charge in [-0.15, -0.1) is 0 Å². The number of ether oxygens (including phenoxy) is 1. The van der Waals surface area contributed by atoms with E-state index in [2.05, 4.69) is 5.32 Å². The summed E-state index contributed by atoms with van der Waals surface area (Å²) >= 11 is 0. The van der Waals surface area contributed by atoms with Crippen molar-refractivity contribution < 1.29 is 23.4 Å². The highest BCUT2D eigenvalue weighted by atomic mass is 19.3. The maximum Gasteiger partial charge on any atom is 0.290 e. The number of carbonyl (C=O) groups excluding carboxylic acids is 1. The number of carbonyl (C=O) groups is 1. The molecule has 1 aromatic rings. The molecule has 2 N–H and O–H groups in total. The number of alkyl halides is 2. The molecule has 3 atom stereocenters. The summed E-state index contributed by atoms with van der Waals surface area (Å²) in [6.45, 7) is 5.01. The van der Waals surface area contributed by atoms with Gasteiger partial charge in [-0.25, -0.2) is 0 Å². The van der Waals surface area contributed by atoms with Gasteiger partial charge in [-0.3, -0.25) is 4.79 Å². The Morgan fingerprint density at radius 1 is 1.42 bits per heavy atom. The van der Waals surface area contributed by atoms with E-state index in [0.29, 0.717) is 12.2 Å². The zero-order valence-electron chi connectivity index (χ0n) is 15.9. The standard InChI is InChI=1S/C20H29F2NO3/c1-13(2)17-9-8-14(3)11-19(17,25)18(24)23-12-20(21,22)15-6-5-7-16(10-15)26-4/h5-7,10,13-14,17,25H,8-9,11-12H2,1-4H3,(H,23,24)/t14-,17+,19+/m1/s1. The number of rotatable bonds is 6. The highest BCUT2D eigenvalue weighted by Crippen LogP contribution is 2.41. The monoisotopic (exact) mass is 369 g/mol. The first-order chi connectivity index (χ1) is 12.1. The Hall–Kier alpha value is -1.69. The third-order valence-corrected chi connectivity index (χ3v) is 5.40. The fraction of sp³-hybridized carbons (Fsp3) is 0.650. The maximum atomic E-state index is 14.5. The highest BCUT2D eigenvalue weighted by Gasteiger charge is 2.49. The van der Waals surface area contributed by atoms with Gasteiger partial charge in [0.15, 0.2) is 0 Å². The average Bonchev–Trinajstić information content (AvgIpc) is 2.59. The van der Waals surface area contributed by atoms with Crippen LogP contribution in [0.25, 0.3) is 0 Å². The molecular weight excluding hydrogens is 340 g/mol. The van der Waals surface area contributed by atoms with Crippen molar-refractivity contribution in [1.82, 2.24) is 5.32 Å². The molecule has 146 valence electrons. The van der Waals surface area contributed by atoms with Crippen LogP contribution in [-0.4, -0.2) is 30.3 Å². The average molecular weight is 369 g/mol. The van der Waals surface area contributed by atoms with Crippen molar-refractivity contribution in [1.29, 1.82) is 0 Å². The summed E-state index contributed by atoms with van der Waals surface area (Å²) in [5.74, 6) is -3.59. The Morgan fingerprint density at radius 3 is 2.73 bits per heavy atom. The largest absolute Gasteiger partial charge is 0.497 e. The van der Waals surface area contributed by atoms with Crippen LogP contribution in [0.1, 0.15) is 45.6 Å². The second-order valence-electron chi connectivity index (χ2n) is 7.78. The van der Waals surface area contributed by atoms with Crippen LogP contribution in [0.4, 0.5) is 8.78 Å². The molecule has 0 unspecified atom stereocenters. The third-order valence-electron chi connectivity index (χ3n) is 5.40. The summed E-state index contributed by atoms with van der Waals surface area (Å²) in [7, 11) is 1.41. The van der Waals surface area contributed by atoms with Crippen LogP contribution in [-0.2, 0) is 10.7 Å². The van der Waals surface area contributed by atoms with Gasteiger partial charge in [-0.2, -0.15) is 8.78 Å². The van der Waals surface area contributed by atoms with Crippen LogP contribution in [0.5, 0.6) is 5.75 Å². The second-order valence-corrected chi connectivity index (χ2v) is 7.78. The van der Waals surface area contributed by atoms with Crippen molar-refractivity contribution in [3.63, 3.8) is 0 Å². The fourth-order valence-electron chi connectivity index (χ4n) is 3.93. The van der Waals surface area contributed by atoms with Gasteiger partial charge in [0.25, 0.3) is 11.8 Å². The molecule has 1 aromatic carbocycles. The molecule has 1 amide bonds. The molecule has 0 spiro atoms. The molecule has 0 aliphatic heterocycles. The van der Waals surface area contributed by atoms with Crippen molar-refractivity contribution in [2.45, 2.75) is 51.6 Å². The predicted octanol–water partition coefficient (Wildman–Crippen LogP) is 3.73. The first-order valence-electron chi connectivity index (χ1n) is 9.13. The van der Waals surface area contributed by atoms with Crippen LogP contribution in [0.15, 0.2) is 24.3 Å². The number of benzene rings is 1. The first kappa shape index (κ1) is 20.6. The number of nitrogens with one attached hydrogen (secondary N) is 1. The molecular formula is C20H29F2NO3. The predicted molar refractivity (Wildman–Crippen MR) is 96.2 cm³/mol. The van der Waals surface area contributed by atoms with Gasteiger partial charge in [0.1, 0.15) is 11.4 Å². The fourth-order valence-corrected chi connectivity index (χ4v) is 3.93. The number of methoxy groups -OCH3 is 1. The van der Waals surface area contributed by atoms with Gasteiger partial charge in [0.2, 0.25) is 0 Å². The van der Waals surface area contributed by atoms with Gasteiger partial charge in [0, 0.05) is 5.56 Å². The Balaban J connectivity index is 2.12. The van der Waals surface area contributed by atoms with Crippen LogP contribution < -0.4 is 10.1 Å². The molecule has 0 radical (unpaired) electrons. The van der Waals surface area contributed by atoms with Crippen LogP contribution in [0, 0.1) is 17.8 Å². The lowest BCUT2D eigenvalue weighted by molar-refractivity contribution is -0.157. The molecule has 1 aliphatic carbocycles. The molecule has 4 nitrogen and oxygen atoms in total. The number of hydrogen-bond acceptors (Lipinski definition) is 3. The normalized spacial score (nSPS) is 26.6. The topological polar surface area (TPSA) is 58.6 Å². The van der Waals surface area contributed by atoms with Gasteiger partial charge >= 0.3 is 0 Å². The van der Waals surface area contributed by atoms with E-state index in [1.165, 1.54) is 25.3 Å². The zero-order chi connectivity index (χ0) is 19.5. The lowest BCUT2D eigenvalue weighted by Crippen LogP contribution is -2.57. The minimum atomic E-state index is -3.26. The second kappa shape index (κ2) is 7.91. The van der Waals surface area contributed by atoms with Gasteiger partial charge in [-0.05, 0) is 42.7 Å². The molecule has 6 heteroatoms. The van der Waals surface area contributed by atoms with Crippen molar-refractivity contribution in [3.05, 3.63) is 29.8 Å². The highest BCUT2D eigenvalue weighted by molar-refractivity contribution is 5.85. The van der Waals surface area contributed by atoms with E-state index in [1.807, 2.05) is 20.8 Å². The summed E-state index contributed by atoms with van der Waals surface area (Å²) in [6.07, 6.45) is 1.94. The van der Waals surface area contributed by atoms with Crippen LogP contribution in [0.2, 0.25) is 0 Å². The first-order valence-corrected chi connectivity index (χ1v) is 9.13. The van der Waals surface area contributed by atoms with Crippen LogP contribution in [0.3, 0.4) is 0 Å². The SMILES string of the molecule is COc1cccc(C(F)(F)CNC(=O)[C@]2(O)C[C@H](C)CC[C@H]2C(C)C)c1. The number of amides is 1. The third kappa shape index (κ3) is 4.34. The lowest BCUT2D eigenvalue weighted by Gasteiger charge is -2.43. The zero-order valence-corrected chi connectivity index (χ0v) is 15.9. The van der Waals surface area contributed by atoms with Crippen molar-refractivity contribution in [2.24, 2.45) is 17.8 Å². The summed E-state index contributed by atoms with van der Waals surface area (Å²) in [5, 5.41) is 13.3. The van der Waals surface area contributed by atoms with E-state index in [0.717, 1.165) is 12.8 Å². The van der Waals surface area contributed by atoms with E-state index in [9.17, 15) is 18.7 Å². The minimum absolute atomic E-state index is 0.0946. The van der Waals surface area contributed by atoms with Gasteiger partial charge in [-0.1, -0.05) is 39.3 Å². The molecule has 1 aliphatic rings. The Morgan fingerprint density at radius 2 is 2.12 bits per heavy atom. The Kier molecular flexibility index (Phi) is 6.27. The summed E-state index contributed by atoms with van der Waals surface area (Å²) in [5.41, 5.74) is -1.84. The van der Waals surface area contributed by atoms with Crippen molar-refractivity contribution in [3.8, 4) is 5.75 Å². The van der Waals surface area contributed by atoms with E-state index >= 15 is 0 Å². The van der Waals surface area contributed by atoms with E-state index < -0.39 is 24.0 Å².